The molecule has 138 valence electrons. The number of nitrogen functional groups attached to an aromatic ring is 1. The highest BCUT2D eigenvalue weighted by Crippen LogP contribution is 2.35. The molecular weight excluding hydrogens is 384 g/mol. The number of nitrogens with zero attached hydrogens (tertiary/aromatic N) is 5. The molecule has 0 fully saturated rings. The van der Waals surface area contributed by atoms with Crippen molar-refractivity contribution in [1.82, 2.24) is 25.1 Å². The quantitative estimate of drug-likeness (QED) is 0.386. The number of thiophene rings is 1. The Morgan fingerprint density at radius 3 is 2.67 bits per heavy atom. The molecular formula is C17H16N6O2S2. The number of benzene rings is 1. The maximum atomic E-state index is 6.19. The van der Waals surface area contributed by atoms with Crippen LogP contribution in [0.2, 0.25) is 0 Å². The summed E-state index contributed by atoms with van der Waals surface area (Å²) < 4.78 is 12.4. The monoisotopic (exact) mass is 400 g/mol. The van der Waals surface area contributed by atoms with E-state index in [1.807, 2.05) is 48.7 Å². The fourth-order valence-corrected chi connectivity index (χ4v) is 3.85. The van der Waals surface area contributed by atoms with Gasteiger partial charge in [-0.05, 0) is 42.6 Å². The average molecular weight is 400 g/mol. The predicted molar refractivity (Wildman–Crippen MR) is 104 cm³/mol. The zero-order chi connectivity index (χ0) is 18.8. The second-order valence-electron chi connectivity index (χ2n) is 5.59. The third-order valence-corrected chi connectivity index (χ3v) is 5.72. The van der Waals surface area contributed by atoms with Gasteiger partial charge in [-0.1, -0.05) is 17.8 Å². The fourth-order valence-electron chi connectivity index (χ4n) is 2.40. The Labute approximate surface area is 163 Å². The molecule has 4 aromatic rings. The molecule has 8 nitrogen and oxygen atoms in total. The summed E-state index contributed by atoms with van der Waals surface area (Å²) in [7, 11) is 1.62. The van der Waals surface area contributed by atoms with Crippen molar-refractivity contribution in [2.75, 3.05) is 13.0 Å². The fraction of sp³-hybridized carbons (Fsp3) is 0.176. The van der Waals surface area contributed by atoms with Crippen LogP contribution in [0.15, 0.2) is 51.4 Å². The lowest BCUT2D eigenvalue weighted by atomic mass is 10.2. The number of thioether (sulfide) groups is 1. The molecule has 3 heterocycles. The Kier molecular flexibility index (Phi) is 4.82. The molecule has 0 unspecified atom stereocenters. The number of hydrogen-bond donors (Lipinski definition) is 1. The molecule has 0 radical (unpaired) electrons. The van der Waals surface area contributed by atoms with E-state index in [9.17, 15) is 0 Å². The van der Waals surface area contributed by atoms with Crippen LogP contribution in [-0.2, 0) is 0 Å². The van der Waals surface area contributed by atoms with Gasteiger partial charge >= 0.3 is 0 Å². The largest absolute Gasteiger partial charge is 0.497 e. The minimum Gasteiger partial charge on any atom is -0.497 e. The van der Waals surface area contributed by atoms with Crippen LogP contribution in [0.25, 0.3) is 22.2 Å². The molecule has 1 aromatic carbocycles. The van der Waals surface area contributed by atoms with Crippen LogP contribution in [0.1, 0.15) is 18.1 Å². The zero-order valence-electron chi connectivity index (χ0n) is 14.6. The summed E-state index contributed by atoms with van der Waals surface area (Å²) in [5.74, 6) is 8.55. The topological polar surface area (TPSA) is 105 Å². The van der Waals surface area contributed by atoms with Crippen molar-refractivity contribution in [2.45, 2.75) is 17.3 Å². The number of rotatable bonds is 6. The highest BCUT2D eigenvalue weighted by molar-refractivity contribution is 7.99. The Morgan fingerprint density at radius 2 is 1.96 bits per heavy atom. The lowest BCUT2D eigenvalue weighted by molar-refractivity contribution is 0.415. The van der Waals surface area contributed by atoms with Crippen LogP contribution in [0.4, 0.5) is 0 Å². The number of hydrogen-bond acceptors (Lipinski definition) is 9. The van der Waals surface area contributed by atoms with Gasteiger partial charge in [0.1, 0.15) is 5.75 Å². The van der Waals surface area contributed by atoms with Gasteiger partial charge in [-0.25, -0.2) is 4.68 Å². The summed E-state index contributed by atoms with van der Waals surface area (Å²) in [5, 5.41) is 19.0. The van der Waals surface area contributed by atoms with Crippen LogP contribution in [0, 0.1) is 0 Å². The Bertz CT molecular complexity index is 1030. The summed E-state index contributed by atoms with van der Waals surface area (Å²) in [4.78, 5) is 0.940. The van der Waals surface area contributed by atoms with Crippen LogP contribution in [0.5, 0.6) is 5.75 Å². The SMILES string of the molecule is COc1ccc(-c2nnc(S[C@H](C)c3nnc(-c4cccs4)o3)n2N)cc1. The van der Waals surface area contributed by atoms with Gasteiger partial charge in [-0.2, -0.15) is 0 Å². The highest BCUT2D eigenvalue weighted by Gasteiger charge is 2.21. The van der Waals surface area contributed by atoms with Gasteiger partial charge in [0.2, 0.25) is 11.0 Å². The van der Waals surface area contributed by atoms with Crippen LogP contribution in [-0.4, -0.2) is 32.2 Å². The summed E-state index contributed by atoms with van der Waals surface area (Å²) >= 11 is 2.96. The third-order valence-electron chi connectivity index (χ3n) is 3.82. The van der Waals surface area contributed by atoms with Crippen molar-refractivity contribution >= 4 is 23.1 Å². The van der Waals surface area contributed by atoms with Crippen molar-refractivity contribution in [1.29, 1.82) is 0 Å². The van der Waals surface area contributed by atoms with Crippen molar-refractivity contribution in [3.63, 3.8) is 0 Å². The molecule has 4 rings (SSSR count). The van der Waals surface area contributed by atoms with Crippen molar-refractivity contribution < 1.29 is 9.15 Å². The van der Waals surface area contributed by atoms with E-state index >= 15 is 0 Å². The molecule has 10 heteroatoms. The van der Waals surface area contributed by atoms with E-state index in [1.54, 1.807) is 18.4 Å². The van der Waals surface area contributed by atoms with Gasteiger partial charge < -0.3 is 15.0 Å². The van der Waals surface area contributed by atoms with Gasteiger partial charge in [0.05, 0.1) is 17.2 Å². The Balaban J connectivity index is 1.52. The molecule has 2 N–H and O–H groups in total. The minimum atomic E-state index is -0.124. The van der Waals surface area contributed by atoms with E-state index in [1.165, 1.54) is 16.4 Å². The van der Waals surface area contributed by atoms with Crippen LogP contribution in [0.3, 0.4) is 0 Å². The summed E-state index contributed by atoms with van der Waals surface area (Å²) in [6.07, 6.45) is 0. The molecule has 0 amide bonds. The number of ether oxygens (including phenoxy) is 1. The molecule has 0 aliphatic heterocycles. The first kappa shape index (κ1) is 17.6. The van der Waals surface area contributed by atoms with Crippen LogP contribution < -0.4 is 10.6 Å². The first-order chi connectivity index (χ1) is 13.2. The van der Waals surface area contributed by atoms with Gasteiger partial charge in [0.15, 0.2) is 5.82 Å². The number of nitrogens with two attached hydrogens (primary N) is 1. The third kappa shape index (κ3) is 3.53. The van der Waals surface area contributed by atoms with E-state index in [4.69, 9.17) is 15.0 Å². The summed E-state index contributed by atoms with van der Waals surface area (Å²) in [6, 6.07) is 11.4. The maximum absolute atomic E-state index is 6.19. The second kappa shape index (κ2) is 7.41. The van der Waals surface area contributed by atoms with Gasteiger partial charge in [0, 0.05) is 5.56 Å². The molecule has 0 bridgehead atoms. The standard InChI is InChI=1S/C17H16N6O2S2/c1-10(15-20-21-16(25-15)13-4-3-9-26-13)27-17-22-19-14(23(17)18)11-5-7-12(24-2)8-6-11/h3-10H,18H2,1-2H3/t10-/m1/s1. The Hall–Kier alpha value is -2.85. The number of aromatic nitrogens is 5. The summed E-state index contributed by atoms with van der Waals surface area (Å²) in [6.45, 7) is 1.96. The normalized spacial score (nSPS) is 12.2. The van der Waals surface area contributed by atoms with E-state index in [2.05, 4.69) is 20.4 Å². The Morgan fingerprint density at radius 1 is 1.15 bits per heavy atom. The molecule has 0 aliphatic carbocycles. The zero-order valence-corrected chi connectivity index (χ0v) is 16.2. The second-order valence-corrected chi connectivity index (χ2v) is 7.84. The smallest absolute Gasteiger partial charge is 0.257 e. The van der Waals surface area contributed by atoms with Crippen molar-refractivity contribution in [3.8, 4) is 27.9 Å². The van der Waals surface area contributed by atoms with E-state index in [-0.39, 0.29) is 5.25 Å². The van der Waals surface area contributed by atoms with Gasteiger partial charge in [-0.3, -0.25) is 0 Å². The highest BCUT2D eigenvalue weighted by atomic mass is 32.2. The van der Waals surface area contributed by atoms with E-state index in [0.717, 1.165) is 16.2 Å². The molecule has 0 spiro atoms. The molecule has 27 heavy (non-hydrogen) atoms. The first-order valence-electron chi connectivity index (χ1n) is 8.04. The predicted octanol–water partition coefficient (Wildman–Crippen LogP) is 3.63. The van der Waals surface area contributed by atoms with Gasteiger partial charge in [0.25, 0.3) is 5.89 Å². The van der Waals surface area contributed by atoms with Crippen LogP contribution >= 0.6 is 23.1 Å². The van der Waals surface area contributed by atoms with Crippen molar-refractivity contribution in [2.24, 2.45) is 0 Å². The average Bonchev–Trinajstić information content (AvgIpc) is 3.43. The van der Waals surface area contributed by atoms with E-state index in [0.29, 0.717) is 22.8 Å². The molecule has 0 saturated heterocycles. The van der Waals surface area contributed by atoms with Crippen molar-refractivity contribution in [3.05, 3.63) is 47.7 Å². The first-order valence-corrected chi connectivity index (χ1v) is 9.80. The van der Waals surface area contributed by atoms with E-state index < -0.39 is 0 Å². The lowest BCUT2D eigenvalue weighted by Gasteiger charge is -2.07. The molecule has 0 saturated carbocycles. The molecule has 3 aromatic heterocycles. The maximum Gasteiger partial charge on any atom is 0.257 e. The molecule has 0 aliphatic rings. The minimum absolute atomic E-state index is 0.124. The number of methoxy groups -OCH3 is 1. The van der Waals surface area contributed by atoms with Gasteiger partial charge in [-0.15, -0.1) is 31.7 Å². The lowest BCUT2D eigenvalue weighted by Crippen LogP contribution is -2.12. The summed E-state index contributed by atoms with van der Waals surface area (Å²) in [5.41, 5.74) is 0.850. The molecule has 1 atom stereocenters.